The fraction of sp³-hybridized carbons (Fsp3) is 1.00. The Morgan fingerprint density at radius 3 is 2.10 bits per heavy atom. The second-order valence-electron chi connectivity index (χ2n) is 7.81. The van der Waals surface area contributed by atoms with Gasteiger partial charge in [0.2, 0.25) is 0 Å². The van der Waals surface area contributed by atoms with Gasteiger partial charge in [0.05, 0.1) is 0 Å². The lowest BCUT2D eigenvalue weighted by Crippen LogP contribution is -2.39. The van der Waals surface area contributed by atoms with Gasteiger partial charge in [0.25, 0.3) is 0 Å². The van der Waals surface area contributed by atoms with Gasteiger partial charge in [-0.15, -0.1) is 0 Å². The van der Waals surface area contributed by atoms with Crippen LogP contribution in [0.5, 0.6) is 0 Å². The zero-order chi connectivity index (χ0) is 15.6. The van der Waals surface area contributed by atoms with Crippen LogP contribution in [0.2, 0.25) is 0 Å². The Balaban J connectivity index is 2.01. The van der Waals surface area contributed by atoms with Crippen molar-refractivity contribution in [2.24, 2.45) is 11.3 Å². The summed E-state index contributed by atoms with van der Waals surface area (Å²) < 4.78 is 0. The third kappa shape index (κ3) is 7.17. The molecule has 0 bridgehead atoms. The molecule has 0 unspecified atom stereocenters. The molecule has 1 atom stereocenters. The third-order valence-corrected chi connectivity index (χ3v) is 6.14. The number of hydrogen-bond acceptors (Lipinski definition) is 1. The predicted molar refractivity (Wildman–Crippen MR) is 95.8 cm³/mol. The molecule has 1 heteroatoms. The minimum atomic E-state index is 0.617. The van der Waals surface area contributed by atoms with Gasteiger partial charge in [-0.1, -0.05) is 72.6 Å². The van der Waals surface area contributed by atoms with Crippen molar-refractivity contribution in [1.82, 2.24) is 5.32 Å². The number of nitrogens with one attached hydrogen (secondary N) is 1. The Morgan fingerprint density at radius 1 is 0.952 bits per heavy atom. The third-order valence-electron chi connectivity index (χ3n) is 6.14. The summed E-state index contributed by atoms with van der Waals surface area (Å²) in [7, 11) is 0. The lowest BCUT2D eigenvalue weighted by atomic mass is 9.66. The molecule has 126 valence electrons. The zero-order valence-corrected chi connectivity index (χ0v) is 15.3. The first-order valence-corrected chi connectivity index (χ1v) is 9.85. The molecule has 21 heavy (non-hydrogen) atoms. The summed E-state index contributed by atoms with van der Waals surface area (Å²) in [4.78, 5) is 0. The van der Waals surface area contributed by atoms with Crippen LogP contribution in [0.3, 0.4) is 0 Å². The smallest absolute Gasteiger partial charge is 0.00674 e. The van der Waals surface area contributed by atoms with E-state index in [-0.39, 0.29) is 0 Å². The van der Waals surface area contributed by atoms with Gasteiger partial charge in [-0.25, -0.2) is 0 Å². The number of rotatable bonds is 11. The molecule has 1 N–H and O–H groups in total. The summed E-state index contributed by atoms with van der Waals surface area (Å²) in [6, 6.07) is 0.808. The van der Waals surface area contributed by atoms with Crippen molar-refractivity contribution >= 4 is 0 Å². The van der Waals surface area contributed by atoms with Crippen molar-refractivity contribution in [3.05, 3.63) is 0 Å². The molecule has 1 aliphatic carbocycles. The van der Waals surface area contributed by atoms with E-state index in [9.17, 15) is 0 Å². The maximum atomic E-state index is 3.82. The highest BCUT2D eigenvalue weighted by Gasteiger charge is 2.34. The largest absolute Gasteiger partial charge is 0.314 e. The van der Waals surface area contributed by atoms with E-state index in [1.54, 1.807) is 0 Å². The minimum absolute atomic E-state index is 0.617. The van der Waals surface area contributed by atoms with Crippen LogP contribution in [-0.4, -0.2) is 12.6 Å². The first-order valence-electron chi connectivity index (χ1n) is 9.85. The molecule has 1 saturated carbocycles. The summed E-state index contributed by atoms with van der Waals surface area (Å²) >= 11 is 0. The van der Waals surface area contributed by atoms with Crippen molar-refractivity contribution < 1.29 is 0 Å². The van der Waals surface area contributed by atoms with Gasteiger partial charge in [-0.3, -0.25) is 0 Å². The van der Waals surface area contributed by atoms with Crippen LogP contribution in [0.4, 0.5) is 0 Å². The molecule has 0 aromatic heterocycles. The molecule has 0 aromatic carbocycles. The summed E-state index contributed by atoms with van der Waals surface area (Å²) in [5.41, 5.74) is 0.617. The summed E-state index contributed by atoms with van der Waals surface area (Å²) in [6.07, 6.45) is 16.9. The van der Waals surface area contributed by atoms with Gasteiger partial charge in [-0.05, 0) is 50.0 Å². The van der Waals surface area contributed by atoms with E-state index < -0.39 is 0 Å². The Hall–Kier alpha value is -0.0400. The molecule has 1 fully saturated rings. The van der Waals surface area contributed by atoms with Gasteiger partial charge in [0.15, 0.2) is 0 Å². The van der Waals surface area contributed by atoms with Gasteiger partial charge in [0, 0.05) is 6.04 Å². The topological polar surface area (TPSA) is 12.0 Å². The van der Waals surface area contributed by atoms with Crippen LogP contribution in [0.15, 0.2) is 0 Å². The molecule has 0 heterocycles. The lowest BCUT2D eigenvalue weighted by Gasteiger charge is -2.42. The first-order chi connectivity index (χ1) is 10.1. The first kappa shape index (κ1) is 19.0. The predicted octanol–water partition coefficient (Wildman–Crippen LogP) is 6.32. The highest BCUT2D eigenvalue weighted by molar-refractivity contribution is 4.87. The quantitative estimate of drug-likeness (QED) is 0.440. The van der Waals surface area contributed by atoms with Gasteiger partial charge in [-0.2, -0.15) is 0 Å². The molecule has 0 saturated heterocycles. The number of hydrogen-bond donors (Lipinski definition) is 1. The van der Waals surface area contributed by atoms with E-state index in [0.29, 0.717) is 5.41 Å². The van der Waals surface area contributed by atoms with Crippen molar-refractivity contribution in [3.8, 4) is 0 Å². The van der Waals surface area contributed by atoms with Crippen LogP contribution in [-0.2, 0) is 0 Å². The fourth-order valence-electron chi connectivity index (χ4n) is 3.86. The SMILES string of the molecule is CCCCCCCCCNC1CCC(C)([C@@H](C)CC)CC1. The highest BCUT2D eigenvalue weighted by atomic mass is 14.9. The van der Waals surface area contributed by atoms with E-state index in [1.165, 1.54) is 83.6 Å². The van der Waals surface area contributed by atoms with Crippen molar-refractivity contribution in [2.75, 3.05) is 6.54 Å². The van der Waals surface area contributed by atoms with E-state index >= 15 is 0 Å². The Kier molecular flexibility index (Phi) is 9.64. The Bertz CT molecular complexity index is 240. The van der Waals surface area contributed by atoms with Crippen molar-refractivity contribution in [2.45, 2.75) is 111 Å². The lowest BCUT2D eigenvalue weighted by molar-refractivity contribution is 0.110. The summed E-state index contributed by atoms with van der Waals surface area (Å²) in [6.45, 7) is 10.9. The van der Waals surface area contributed by atoms with E-state index in [1.807, 2.05) is 0 Å². The van der Waals surface area contributed by atoms with Crippen molar-refractivity contribution in [1.29, 1.82) is 0 Å². The molecule has 0 aromatic rings. The average Bonchev–Trinajstić information content (AvgIpc) is 2.51. The second-order valence-corrected chi connectivity index (χ2v) is 7.81. The van der Waals surface area contributed by atoms with E-state index in [2.05, 4.69) is 33.0 Å². The standard InChI is InChI=1S/C20H41N/c1-5-7-8-9-10-11-12-17-21-19-13-15-20(4,16-14-19)18(3)6-2/h18-19,21H,5-17H2,1-4H3/t18-,19?,20?/m0/s1. The van der Waals surface area contributed by atoms with E-state index in [0.717, 1.165) is 12.0 Å². The van der Waals surface area contributed by atoms with Crippen LogP contribution < -0.4 is 5.32 Å². The van der Waals surface area contributed by atoms with Crippen molar-refractivity contribution in [3.63, 3.8) is 0 Å². The molecule has 1 rings (SSSR count). The summed E-state index contributed by atoms with van der Waals surface area (Å²) in [5, 5.41) is 3.82. The van der Waals surface area contributed by atoms with Crippen LogP contribution >= 0.6 is 0 Å². The minimum Gasteiger partial charge on any atom is -0.314 e. The molecular weight excluding hydrogens is 254 g/mol. The van der Waals surface area contributed by atoms with Crippen LogP contribution in [0.1, 0.15) is 105 Å². The normalized spacial score (nSPS) is 27.7. The Labute approximate surface area is 134 Å². The molecule has 0 radical (unpaired) electrons. The molecule has 1 nitrogen and oxygen atoms in total. The molecule has 1 aliphatic rings. The van der Waals surface area contributed by atoms with E-state index in [4.69, 9.17) is 0 Å². The molecule has 0 spiro atoms. The van der Waals surface area contributed by atoms with Crippen LogP contribution in [0, 0.1) is 11.3 Å². The molecule has 0 aliphatic heterocycles. The average molecular weight is 296 g/mol. The van der Waals surface area contributed by atoms with Gasteiger partial charge in [0.1, 0.15) is 0 Å². The monoisotopic (exact) mass is 295 g/mol. The van der Waals surface area contributed by atoms with Gasteiger partial charge < -0.3 is 5.32 Å². The number of unbranched alkanes of at least 4 members (excludes halogenated alkanes) is 6. The summed E-state index contributed by atoms with van der Waals surface area (Å²) in [5.74, 6) is 0.890. The van der Waals surface area contributed by atoms with Gasteiger partial charge >= 0.3 is 0 Å². The molecule has 0 amide bonds. The fourth-order valence-corrected chi connectivity index (χ4v) is 3.86. The molecular formula is C20H41N. The van der Waals surface area contributed by atoms with Crippen LogP contribution in [0.25, 0.3) is 0 Å². The Morgan fingerprint density at radius 2 is 1.52 bits per heavy atom. The maximum absolute atomic E-state index is 3.82. The zero-order valence-electron chi connectivity index (χ0n) is 15.3. The maximum Gasteiger partial charge on any atom is 0.00674 e. The second kappa shape index (κ2) is 10.6. The highest BCUT2D eigenvalue weighted by Crippen LogP contribution is 2.43.